The predicted octanol–water partition coefficient (Wildman–Crippen LogP) is 2.40. The molecule has 0 bridgehead atoms. The zero-order valence-electron chi connectivity index (χ0n) is 11.7. The second-order valence-electron chi connectivity index (χ2n) is 4.51. The smallest absolute Gasteiger partial charge is 0.287 e. The van der Waals surface area contributed by atoms with E-state index in [0.29, 0.717) is 12.2 Å². The summed E-state index contributed by atoms with van der Waals surface area (Å²) in [6.45, 7) is 2.25. The molecule has 7 nitrogen and oxygen atoms in total. The van der Waals surface area contributed by atoms with Crippen molar-refractivity contribution in [3.8, 4) is 5.75 Å². The van der Waals surface area contributed by atoms with Gasteiger partial charge in [-0.1, -0.05) is 6.07 Å². The lowest BCUT2D eigenvalue weighted by atomic mass is 10.2. The molecule has 1 aromatic heterocycles. The average molecular weight is 289 g/mol. The number of aryl methyl sites for hydroxylation is 1. The molecular formula is C14H15N3O4. The Morgan fingerprint density at radius 2 is 2.14 bits per heavy atom. The lowest BCUT2D eigenvalue weighted by Gasteiger charge is -2.18. The van der Waals surface area contributed by atoms with Crippen molar-refractivity contribution < 1.29 is 14.8 Å². The molecule has 0 aliphatic rings. The van der Waals surface area contributed by atoms with E-state index in [1.807, 2.05) is 0 Å². The van der Waals surface area contributed by atoms with E-state index in [-0.39, 0.29) is 23.0 Å². The summed E-state index contributed by atoms with van der Waals surface area (Å²) in [6, 6.07) is 7.50. The molecule has 0 saturated carbocycles. The minimum Gasteiger partial charge on any atom is -0.508 e. The van der Waals surface area contributed by atoms with Gasteiger partial charge in [0, 0.05) is 31.4 Å². The van der Waals surface area contributed by atoms with Crippen LogP contribution in [0.4, 0.5) is 11.4 Å². The minimum atomic E-state index is -0.530. The first-order valence-corrected chi connectivity index (χ1v) is 6.35. The molecule has 110 valence electrons. The van der Waals surface area contributed by atoms with Gasteiger partial charge in [0.1, 0.15) is 11.4 Å². The molecule has 0 fully saturated rings. The topological polar surface area (TPSA) is 88.6 Å². The third-order valence-electron chi connectivity index (χ3n) is 3.17. The first-order chi connectivity index (χ1) is 9.93. The number of nitrogens with zero attached hydrogens (tertiary/aromatic N) is 3. The van der Waals surface area contributed by atoms with E-state index < -0.39 is 4.92 Å². The number of nitro groups is 1. The van der Waals surface area contributed by atoms with E-state index in [1.165, 1.54) is 33.9 Å². The van der Waals surface area contributed by atoms with E-state index in [0.717, 1.165) is 0 Å². The Hall–Kier alpha value is -2.83. The summed E-state index contributed by atoms with van der Waals surface area (Å²) in [5.74, 6) is -0.334. The lowest BCUT2D eigenvalue weighted by molar-refractivity contribution is -0.384. The molecule has 2 rings (SSSR count). The van der Waals surface area contributed by atoms with Crippen molar-refractivity contribution in [3.05, 3.63) is 52.3 Å². The van der Waals surface area contributed by atoms with Gasteiger partial charge in [0.25, 0.3) is 11.6 Å². The van der Waals surface area contributed by atoms with Gasteiger partial charge in [-0.05, 0) is 19.1 Å². The molecular weight excluding hydrogens is 274 g/mol. The fourth-order valence-electron chi connectivity index (χ4n) is 2.03. The van der Waals surface area contributed by atoms with Gasteiger partial charge < -0.3 is 14.6 Å². The first-order valence-electron chi connectivity index (χ1n) is 6.35. The Labute approximate surface area is 121 Å². The standard InChI is InChI=1S/C14H15N3O4/c1-3-16-9-11(17(20)21)8-13(16)14(19)15(2)10-5-4-6-12(18)7-10/h4-9,18H,3H2,1-2H3. The Balaban J connectivity index is 2.37. The molecule has 0 aliphatic heterocycles. The quantitative estimate of drug-likeness (QED) is 0.691. The lowest BCUT2D eigenvalue weighted by Crippen LogP contribution is -2.28. The molecule has 1 heterocycles. The molecule has 1 N–H and O–H groups in total. The van der Waals surface area contributed by atoms with Crippen LogP contribution in [0.1, 0.15) is 17.4 Å². The molecule has 7 heteroatoms. The van der Waals surface area contributed by atoms with Gasteiger partial charge in [-0.2, -0.15) is 0 Å². The number of benzene rings is 1. The molecule has 0 radical (unpaired) electrons. The monoisotopic (exact) mass is 289 g/mol. The van der Waals surface area contributed by atoms with Gasteiger partial charge in [-0.25, -0.2) is 0 Å². The molecule has 1 aromatic carbocycles. The van der Waals surface area contributed by atoms with Crippen molar-refractivity contribution in [1.29, 1.82) is 0 Å². The SMILES string of the molecule is CCn1cc([N+](=O)[O-])cc1C(=O)N(C)c1cccc(O)c1. The number of carbonyl (C=O) groups is 1. The van der Waals surface area contributed by atoms with Crippen LogP contribution >= 0.6 is 0 Å². The molecule has 1 amide bonds. The second kappa shape index (κ2) is 5.66. The number of aromatic hydroxyl groups is 1. The molecule has 0 spiro atoms. The average Bonchev–Trinajstić information content (AvgIpc) is 2.90. The highest BCUT2D eigenvalue weighted by Crippen LogP contribution is 2.23. The maximum absolute atomic E-state index is 12.5. The number of amides is 1. The molecule has 0 unspecified atom stereocenters. The number of anilines is 1. The molecule has 21 heavy (non-hydrogen) atoms. The van der Waals surface area contributed by atoms with Gasteiger partial charge in [-0.15, -0.1) is 0 Å². The van der Waals surface area contributed by atoms with Crippen LogP contribution in [-0.2, 0) is 6.54 Å². The number of aromatic nitrogens is 1. The summed E-state index contributed by atoms with van der Waals surface area (Å²) < 4.78 is 1.53. The zero-order chi connectivity index (χ0) is 15.6. The van der Waals surface area contributed by atoms with E-state index in [9.17, 15) is 20.0 Å². The van der Waals surface area contributed by atoms with Crippen LogP contribution in [0.3, 0.4) is 0 Å². The third-order valence-corrected chi connectivity index (χ3v) is 3.17. The summed E-state index contributed by atoms with van der Waals surface area (Å²) in [5, 5.41) is 20.3. The fourth-order valence-corrected chi connectivity index (χ4v) is 2.03. The minimum absolute atomic E-state index is 0.0454. The summed E-state index contributed by atoms with van der Waals surface area (Å²) >= 11 is 0. The highest BCUT2D eigenvalue weighted by atomic mass is 16.6. The van der Waals surface area contributed by atoms with Crippen molar-refractivity contribution in [3.63, 3.8) is 0 Å². The maximum Gasteiger partial charge on any atom is 0.287 e. The van der Waals surface area contributed by atoms with Crippen molar-refractivity contribution >= 4 is 17.3 Å². The van der Waals surface area contributed by atoms with E-state index in [1.54, 1.807) is 26.1 Å². The molecule has 2 aromatic rings. The van der Waals surface area contributed by atoms with E-state index in [4.69, 9.17) is 0 Å². The van der Waals surface area contributed by atoms with Crippen LogP contribution in [0.15, 0.2) is 36.5 Å². The van der Waals surface area contributed by atoms with Crippen molar-refractivity contribution in [1.82, 2.24) is 4.57 Å². The van der Waals surface area contributed by atoms with Gasteiger partial charge in [0.2, 0.25) is 0 Å². The van der Waals surface area contributed by atoms with E-state index >= 15 is 0 Å². The van der Waals surface area contributed by atoms with Gasteiger partial charge in [0.05, 0.1) is 11.1 Å². The molecule has 0 atom stereocenters. The Bertz CT molecular complexity index is 693. The van der Waals surface area contributed by atoms with Crippen molar-refractivity contribution in [2.75, 3.05) is 11.9 Å². The predicted molar refractivity (Wildman–Crippen MR) is 77.6 cm³/mol. The van der Waals surface area contributed by atoms with Crippen molar-refractivity contribution in [2.24, 2.45) is 0 Å². The fraction of sp³-hybridized carbons (Fsp3) is 0.214. The number of hydrogen-bond acceptors (Lipinski definition) is 4. The summed E-state index contributed by atoms with van der Waals surface area (Å²) in [6.07, 6.45) is 1.34. The zero-order valence-corrected chi connectivity index (χ0v) is 11.7. The number of phenols is 1. The Morgan fingerprint density at radius 1 is 1.43 bits per heavy atom. The van der Waals surface area contributed by atoms with Crippen LogP contribution in [0.25, 0.3) is 0 Å². The van der Waals surface area contributed by atoms with Gasteiger partial charge >= 0.3 is 0 Å². The van der Waals surface area contributed by atoms with Crippen LogP contribution in [-0.4, -0.2) is 27.6 Å². The highest BCUT2D eigenvalue weighted by Gasteiger charge is 2.22. The largest absolute Gasteiger partial charge is 0.508 e. The Morgan fingerprint density at radius 3 is 2.71 bits per heavy atom. The third kappa shape index (κ3) is 2.86. The summed E-state index contributed by atoms with van der Waals surface area (Å²) in [7, 11) is 1.55. The maximum atomic E-state index is 12.5. The van der Waals surface area contributed by atoms with Crippen LogP contribution in [0.2, 0.25) is 0 Å². The Kier molecular flexibility index (Phi) is 3.93. The van der Waals surface area contributed by atoms with Gasteiger partial charge in [-0.3, -0.25) is 14.9 Å². The van der Waals surface area contributed by atoms with Crippen LogP contribution in [0.5, 0.6) is 5.75 Å². The summed E-state index contributed by atoms with van der Waals surface area (Å²) in [5.41, 5.74) is 0.617. The normalized spacial score (nSPS) is 10.4. The van der Waals surface area contributed by atoms with Gasteiger partial charge in [0.15, 0.2) is 0 Å². The number of carbonyl (C=O) groups excluding carboxylic acids is 1. The van der Waals surface area contributed by atoms with Crippen molar-refractivity contribution in [2.45, 2.75) is 13.5 Å². The molecule has 0 aliphatic carbocycles. The summed E-state index contributed by atoms with van der Waals surface area (Å²) in [4.78, 5) is 24.1. The second-order valence-corrected chi connectivity index (χ2v) is 4.51. The van der Waals surface area contributed by atoms with Crippen LogP contribution < -0.4 is 4.90 Å². The van der Waals surface area contributed by atoms with E-state index in [2.05, 4.69) is 0 Å². The number of hydrogen-bond donors (Lipinski definition) is 1. The highest BCUT2D eigenvalue weighted by molar-refractivity contribution is 6.05. The number of rotatable bonds is 4. The first kappa shape index (κ1) is 14.6. The number of phenolic OH excluding ortho intramolecular Hbond substituents is 1. The van der Waals surface area contributed by atoms with Crippen LogP contribution in [0, 0.1) is 10.1 Å². The molecule has 0 saturated heterocycles.